The Morgan fingerprint density at radius 3 is 2.84 bits per heavy atom. The molecule has 0 aliphatic rings. The van der Waals surface area contributed by atoms with Crippen LogP contribution in [-0.4, -0.2) is 17.4 Å². The van der Waals surface area contributed by atoms with Crippen molar-refractivity contribution in [1.29, 1.82) is 0 Å². The molecule has 0 aromatic carbocycles. The normalized spacial score (nSPS) is 11.3. The quantitative estimate of drug-likeness (QED) is 0.881. The molecular formula is C14H17N3OS. The molecule has 0 aliphatic carbocycles. The van der Waals surface area contributed by atoms with Crippen LogP contribution in [0.15, 0.2) is 35.8 Å². The molecule has 2 heterocycles. The number of aromatic nitrogens is 1. The lowest BCUT2D eigenvalue weighted by atomic mass is 9.91. The lowest BCUT2D eigenvalue weighted by Gasteiger charge is -2.24. The number of rotatable bonds is 5. The van der Waals surface area contributed by atoms with Gasteiger partial charge in [-0.2, -0.15) is 0 Å². The van der Waals surface area contributed by atoms with E-state index in [1.807, 2.05) is 6.07 Å². The molecule has 3 N–H and O–H groups in total. The maximum atomic E-state index is 11.3. The van der Waals surface area contributed by atoms with Crippen LogP contribution >= 0.6 is 11.3 Å². The van der Waals surface area contributed by atoms with E-state index in [1.165, 1.54) is 4.88 Å². The van der Waals surface area contributed by atoms with E-state index in [1.54, 1.807) is 29.7 Å². The molecule has 2 aromatic heterocycles. The summed E-state index contributed by atoms with van der Waals surface area (Å²) < 4.78 is 0. The number of pyridine rings is 1. The topological polar surface area (TPSA) is 68.0 Å². The van der Waals surface area contributed by atoms with Gasteiger partial charge in [-0.15, -0.1) is 11.3 Å². The van der Waals surface area contributed by atoms with Crippen molar-refractivity contribution >= 4 is 23.1 Å². The highest BCUT2D eigenvalue weighted by Gasteiger charge is 2.22. The molecule has 2 aromatic rings. The third kappa shape index (κ3) is 3.12. The molecule has 0 unspecified atom stereocenters. The highest BCUT2D eigenvalue weighted by atomic mass is 32.1. The Bertz CT molecular complexity index is 564. The summed E-state index contributed by atoms with van der Waals surface area (Å²) in [6, 6.07) is 7.53. The highest BCUT2D eigenvalue weighted by molar-refractivity contribution is 7.10. The molecule has 0 radical (unpaired) electrons. The number of anilines is 1. The highest BCUT2D eigenvalue weighted by Crippen LogP contribution is 2.27. The molecule has 0 aliphatic heterocycles. The maximum absolute atomic E-state index is 11.3. The Morgan fingerprint density at radius 2 is 2.21 bits per heavy atom. The van der Waals surface area contributed by atoms with Crippen molar-refractivity contribution in [3.05, 3.63) is 46.3 Å². The third-order valence-electron chi connectivity index (χ3n) is 2.96. The minimum Gasteiger partial charge on any atom is -0.369 e. The predicted molar refractivity (Wildman–Crippen MR) is 78.6 cm³/mol. The first-order valence-electron chi connectivity index (χ1n) is 6.03. The smallest absolute Gasteiger partial charge is 0.252 e. The van der Waals surface area contributed by atoms with Crippen molar-refractivity contribution in [2.45, 2.75) is 19.3 Å². The number of nitrogens with two attached hydrogens (primary N) is 1. The second-order valence-corrected chi connectivity index (χ2v) is 5.93. The van der Waals surface area contributed by atoms with Crippen LogP contribution in [0.4, 0.5) is 5.82 Å². The fraction of sp³-hybridized carbons (Fsp3) is 0.286. The van der Waals surface area contributed by atoms with E-state index >= 15 is 0 Å². The number of carbonyl (C=O) groups excluding carboxylic acids is 1. The SMILES string of the molecule is CC(C)(CNc1ncccc1C(N)=O)c1cccs1. The lowest BCUT2D eigenvalue weighted by molar-refractivity contribution is 0.100. The zero-order valence-electron chi connectivity index (χ0n) is 11.0. The van der Waals surface area contributed by atoms with Crippen LogP contribution in [0.3, 0.4) is 0 Å². The molecule has 0 spiro atoms. The van der Waals surface area contributed by atoms with Gasteiger partial charge >= 0.3 is 0 Å². The first-order valence-corrected chi connectivity index (χ1v) is 6.91. The predicted octanol–water partition coefficient (Wildman–Crippen LogP) is 2.63. The number of carbonyl (C=O) groups is 1. The van der Waals surface area contributed by atoms with Gasteiger partial charge in [-0.25, -0.2) is 4.98 Å². The van der Waals surface area contributed by atoms with Crippen molar-refractivity contribution in [1.82, 2.24) is 4.98 Å². The molecule has 0 saturated heterocycles. The summed E-state index contributed by atoms with van der Waals surface area (Å²) in [7, 11) is 0. The summed E-state index contributed by atoms with van der Waals surface area (Å²) >= 11 is 1.72. The van der Waals surface area contributed by atoms with Gasteiger partial charge in [0.15, 0.2) is 0 Å². The molecule has 0 bridgehead atoms. The maximum Gasteiger partial charge on any atom is 0.252 e. The van der Waals surface area contributed by atoms with E-state index in [4.69, 9.17) is 5.73 Å². The third-order valence-corrected chi connectivity index (χ3v) is 4.19. The van der Waals surface area contributed by atoms with Gasteiger partial charge in [0.2, 0.25) is 0 Å². The van der Waals surface area contributed by atoms with Crippen LogP contribution in [0.5, 0.6) is 0 Å². The number of nitrogens with one attached hydrogen (secondary N) is 1. The van der Waals surface area contributed by atoms with E-state index in [0.717, 1.165) is 0 Å². The summed E-state index contributed by atoms with van der Waals surface area (Å²) in [6.45, 7) is 4.99. The van der Waals surface area contributed by atoms with Gasteiger partial charge in [0.25, 0.3) is 5.91 Å². The Labute approximate surface area is 116 Å². The number of amides is 1. The van der Waals surface area contributed by atoms with Gasteiger partial charge in [-0.05, 0) is 23.6 Å². The second kappa shape index (κ2) is 5.40. The van der Waals surface area contributed by atoms with Crippen molar-refractivity contribution in [3.8, 4) is 0 Å². The Balaban J connectivity index is 2.13. The molecule has 1 amide bonds. The standard InChI is InChI=1S/C14H17N3OS/c1-14(2,11-6-4-8-19-11)9-17-13-10(12(15)18)5-3-7-16-13/h3-8H,9H2,1-2H3,(H2,15,18)(H,16,17). The monoisotopic (exact) mass is 275 g/mol. The van der Waals surface area contributed by atoms with Crippen LogP contribution in [0.2, 0.25) is 0 Å². The summed E-state index contributed by atoms with van der Waals surface area (Å²) in [5.41, 5.74) is 5.73. The number of thiophene rings is 1. The molecule has 5 heteroatoms. The number of hydrogen-bond acceptors (Lipinski definition) is 4. The van der Waals surface area contributed by atoms with Gasteiger partial charge in [0.1, 0.15) is 5.82 Å². The zero-order chi connectivity index (χ0) is 13.9. The molecule has 2 rings (SSSR count). The number of primary amides is 1. The van der Waals surface area contributed by atoms with Gasteiger partial charge in [0.05, 0.1) is 5.56 Å². The fourth-order valence-corrected chi connectivity index (χ4v) is 2.65. The van der Waals surface area contributed by atoms with Crippen molar-refractivity contribution in [2.75, 3.05) is 11.9 Å². The van der Waals surface area contributed by atoms with Crippen LogP contribution in [0.1, 0.15) is 29.1 Å². The Kier molecular flexibility index (Phi) is 3.85. The van der Waals surface area contributed by atoms with Crippen molar-refractivity contribution < 1.29 is 4.79 Å². The van der Waals surface area contributed by atoms with Crippen molar-refractivity contribution in [2.24, 2.45) is 5.73 Å². The summed E-state index contributed by atoms with van der Waals surface area (Å²) in [6.07, 6.45) is 1.65. The van der Waals surface area contributed by atoms with E-state index < -0.39 is 5.91 Å². The average Bonchev–Trinajstić information content (AvgIpc) is 2.91. The Hall–Kier alpha value is -1.88. The van der Waals surface area contributed by atoms with Crippen LogP contribution < -0.4 is 11.1 Å². The molecule has 100 valence electrons. The summed E-state index contributed by atoms with van der Waals surface area (Å²) in [5, 5.41) is 5.28. The lowest BCUT2D eigenvalue weighted by Crippen LogP contribution is -2.28. The largest absolute Gasteiger partial charge is 0.369 e. The minimum atomic E-state index is -0.468. The van der Waals surface area contributed by atoms with E-state index in [9.17, 15) is 4.79 Å². The zero-order valence-corrected chi connectivity index (χ0v) is 11.8. The molecule has 0 saturated carbocycles. The van der Waals surface area contributed by atoms with Gasteiger partial charge in [0, 0.05) is 23.0 Å². The molecule has 0 atom stereocenters. The molecular weight excluding hydrogens is 258 g/mol. The summed E-state index contributed by atoms with van der Waals surface area (Å²) in [5.74, 6) is 0.0733. The van der Waals surface area contributed by atoms with E-state index in [-0.39, 0.29) is 5.41 Å². The molecule has 4 nitrogen and oxygen atoms in total. The van der Waals surface area contributed by atoms with Crippen molar-refractivity contribution in [3.63, 3.8) is 0 Å². The minimum absolute atomic E-state index is 0.0272. The fourth-order valence-electron chi connectivity index (χ4n) is 1.80. The van der Waals surface area contributed by atoms with Crippen LogP contribution in [0.25, 0.3) is 0 Å². The number of hydrogen-bond donors (Lipinski definition) is 2. The average molecular weight is 275 g/mol. The Morgan fingerprint density at radius 1 is 1.42 bits per heavy atom. The first-order chi connectivity index (χ1) is 9.00. The first kappa shape index (κ1) is 13.5. The van der Waals surface area contributed by atoms with Gasteiger partial charge in [-0.3, -0.25) is 4.79 Å². The number of nitrogens with zero attached hydrogens (tertiary/aromatic N) is 1. The van der Waals surface area contributed by atoms with E-state index in [0.29, 0.717) is 17.9 Å². The second-order valence-electron chi connectivity index (χ2n) is 4.98. The van der Waals surface area contributed by atoms with Crippen LogP contribution in [-0.2, 0) is 5.41 Å². The van der Waals surface area contributed by atoms with Gasteiger partial charge < -0.3 is 11.1 Å². The van der Waals surface area contributed by atoms with Crippen LogP contribution in [0, 0.1) is 0 Å². The van der Waals surface area contributed by atoms with E-state index in [2.05, 4.69) is 35.6 Å². The summed E-state index contributed by atoms with van der Waals surface area (Å²) in [4.78, 5) is 16.8. The van der Waals surface area contributed by atoms with Gasteiger partial charge in [-0.1, -0.05) is 19.9 Å². The molecule has 19 heavy (non-hydrogen) atoms. The molecule has 0 fully saturated rings.